The number of aliphatic hydroxyl groups is 1. The molecule has 0 saturated carbocycles. The van der Waals surface area contributed by atoms with Gasteiger partial charge in [-0.05, 0) is 32.0 Å². The molecular formula is C15H21N3O. The first kappa shape index (κ1) is 13.8. The van der Waals surface area contributed by atoms with Crippen LogP contribution in [0.1, 0.15) is 17.7 Å². The van der Waals surface area contributed by atoms with E-state index < -0.39 is 5.54 Å². The van der Waals surface area contributed by atoms with Gasteiger partial charge in [0.25, 0.3) is 0 Å². The first-order chi connectivity index (χ1) is 9.22. The van der Waals surface area contributed by atoms with Crippen LogP contribution in [0.3, 0.4) is 0 Å². The van der Waals surface area contributed by atoms with Gasteiger partial charge in [-0.15, -0.1) is 0 Å². The summed E-state index contributed by atoms with van der Waals surface area (Å²) in [5, 5.41) is 17.4. The largest absolute Gasteiger partial charge is 0.394 e. The summed E-state index contributed by atoms with van der Waals surface area (Å²) < 4.78 is 1.96. The molecule has 1 atom stereocenters. The molecule has 4 heteroatoms. The summed E-state index contributed by atoms with van der Waals surface area (Å²) >= 11 is 0. The standard InChI is InChI=1S/C15H21N3O/c1-13-8-10-17-18(13)11-9-15(12-19,16-2)14-6-4-3-5-7-14/h3-8,10,16,19H,9,11-12H2,1-2H3. The van der Waals surface area contributed by atoms with E-state index in [0.29, 0.717) is 0 Å². The Balaban J connectivity index is 2.18. The molecule has 0 radical (unpaired) electrons. The van der Waals surface area contributed by atoms with Crippen molar-refractivity contribution in [2.24, 2.45) is 0 Å². The van der Waals surface area contributed by atoms with Crippen molar-refractivity contribution in [2.45, 2.75) is 25.4 Å². The van der Waals surface area contributed by atoms with E-state index in [1.807, 2.05) is 55.1 Å². The Bertz CT molecular complexity index is 503. The summed E-state index contributed by atoms with van der Waals surface area (Å²) in [6.45, 7) is 2.87. The molecule has 102 valence electrons. The molecule has 0 aliphatic carbocycles. The minimum atomic E-state index is -0.417. The molecular weight excluding hydrogens is 238 g/mol. The van der Waals surface area contributed by atoms with E-state index in [1.54, 1.807) is 6.20 Å². The smallest absolute Gasteiger partial charge is 0.0684 e. The second kappa shape index (κ2) is 5.99. The van der Waals surface area contributed by atoms with Gasteiger partial charge in [0.2, 0.25) is 0 Å². The zero-order chi connectivity index (χ0) is 13.7. The summed E-state index contributed by atoms with van der Waals surface area (Å²) in [4.78, 5) is 0. The van der Waals surface area contributed by atoms with Crippen LogP contribution >= 0.6 is 0 Å². The fourth-order valence-corrected chi connectivity index (χ4v) is 2.35. The van der Waals surface area contributed by atoms with Gasteiger partial charge in [-0.2, -0.15) is 5.10 Å². The molecule has 0 saturated heterocycles. The van der Waals surface area contributed by atoms with Crippen molar-refractivity contribution in [3.05, 3.63) is 53.9 Å². The van der Waals surface area contributed by atoms with Gasteiger partial charge < -0.3 is 10.4 Å². The van der Waals surface area contributed by atoms with E-state index in [4.69, 9.17) is 0 Å². The van der Waals surface area contributed by atoms with Crippen LogP contribution in [0.2, 0.25) is 0 Å². The van der Waals surface area contributed by atoms with Crippen LogP contribution in [0.4, 0.5) is 0 Å². The number of hydrogen-bond acceptors (Lipinski definition) is 3. The maximum atomic E-state index is 9.84. The predicted molar refractivity (Wildman–Crippen MR) is 75.8 cm³/mol. The Morgan fingerprint density at radius 1 is 1.26 bits per heavy atom. The van der Waals surface area contributed by atoms with Gasteiger partial charge in [-0.25, -0.2) is 0 Å². The van der Waals surface area contributed by atoms with E-state index in [9.17, 15) is 5.11 Å². The highest BCUT2D eigenvalue weighted by molar-refractivity contribution is 5.24. The molecule has 0 aliphatic heterocycles. The van der Waals surface area contributed by atoms with Crippen LogP contribution in [0.5, 0.6) is 0 Å². The molecule has 0 spiro atoms. The molecule has 1 heterocycles. The van der Waals surface area contributed by atoms with Gasteiger partial charge in [0.05, 0.1) is 12.1 Å². The van der Waals surface area contributed by atoms with Gasteiger partial charge in [0.1, 0.15) is 0 Å². The average Bonchev–Trinajstić information content (AvgIpc) is 2.87. The Labute approximate surface area is 114 Å². The van der Waals surface area contributed by atoms with E-state index in [-0.39, 0.29) is 6.61 Å². The van der Waals surface area contributed by atoms with Gasteiger partial charge in [-0.1, -0.05) is 30.3 Å². The van der Waals surface area contributed by atoms with Crippen molar-refractivity contribution in [3.8, 4) is 0 Å². The third-order valence-electron chi connectivity index (χ3n) is 3.75. The molecule has 2 rings (SSSR count). The number of nitrogens with zero attached hydrogens (tertiary/aromatic N) is 2. The first-order valence-electron chi connectivity index (χ1n) is 6.55. The van der Waals surface area contributed by atoms with Crippen molar-refractivity contribution in [2.75, 3.05) is 13.7 Å². The number of hydrogen-bond donors (Lipinski definition) is 2. The molecule has 1 unspecified atom stereocenters. The van der Waals surface area contributed by atoms with Gasteiger partial charge in [-0.3, -0.25) is 4.68 Å². The number of likely N-dealkylation sites (N-methyl/N-ethyl adjacent to an activating group) is 1. The van der Waals surface area contributed by atoms with Crippen LogP contribution in [-0.2, 0) is 12.1 Å². The number of aliphatic hydroxyl groups excluding tert-OH is 1. The second-order valence-electron chi connectivity index (χ2n) is 4.80. The van der Waals surface area contributed by atoms with Crippen molar-refractivity contribution in [3.63, 3.8) is 0 Å². The predicted octanol–water partition coefficient (Wildman–Crippen LogP) is 1.69. The average molecular weight is 259 g/mol. The molecule has 2 aromatic rings. The molecule has 0 fully saturated rings. The van der Waals surface area contributed by atoms with Crippen molar-refractivity contribution >= 4 is 0 Å². The Morgan fingerprint density at radius 3 is 2.53 bits per heavy atom. The zero-order valence-corrected chi connectivity index (χ0v) is 11.5. The monoisotopic (exact) mass is 259 g/mol. The highest BCUT2D eigenvalue weighted by atomic mass is 16.3. The molecule has 4 nitrogen and oxygen atoms in total. The summed E-state index contributed by atoms with van der Waals surface area (Å²) in [5.74, 6) is 0. The van der Waals surface area contributed by atoms with Gasteiger partial charge in [0, 0.05) is 18.4 Å². The van der Waals surface area contributed by atoms with E-state index >= 15 is 0 Å². The Morgan fingerprint density at radius 2 is 2.00 bits per heavy atom. The lowest BCUT2D eigenvalue weighted by Gasteiger charge is -2.32. The maximum absolute atomic E-state index is 9.84. The summed E-state index contributed by atoms with van der Waals surface area (Å²) in [7, 11) is 1.89. The van der Waals surface area contributed by atoms with Crippen LogP contribution in [-0.4, -0.2) is 28.5 Å². The number of aryl methyl sites for hydroxylation is 2. The first-order valence-corrected chi connectivity index (χ1v) is 6.55. The number of rotatable bonds is 6. The number of nitrogens with one attached hydrogen (secondary N) is 1. The molecule has 19 heavy (non-hydrogen) atoms. The van der Waals surface area contributed by atoms with Gasteiger partial charge in [0.15, 0.2) is 0 Å². The lowest BCUT2D eigenvalue weighted by atomic mass is 9.87. The maximum Gasteiger partial charge on any atom is 0.0684 e. The molecule has 0 bridgehead atoms. The molecule has 0 amide bonds. The minimum Gasteiger partial charge on any atom is -0.394 e. The van der Waals surface area contributed by atoms with Crippen LogP contribution in [0, 0.1) is 6.92 Å². The van der Waals surface area contributed by atoms with Crippen LogP contribution in [0.25, 0.3) is 0 Å². The quantitative estimate of drug-likeness (QED) is 0.830. The van der Waals surface area contributed by atoms with Crippen molar-refractivity contribution < 1.29 is 5.11 Å². The SMILES string of the molecule is CNC(CO)(CCn1nccc1C)c1ccccc1. The van der Waals surface area contributed by atoms with Crippen molar-refractivity contribution in [1.82, 2.24) is 15.1 Å². The number of benzene rings is 1. The Hall–Kier alpha value is -1.65. The topological polar surface area (TPSA) is 50.1 Å². The fourth-order valence-electron chi connectivity index (χ4n) is 2.35. The molecule has 2 N–H and O–H groups in total. The van der Waals surface area contributed by atoms with Crippen LogP contribution < -0.4 is 5.32 Å². The molecule has 0 aliphatic rings. The second-order valence-corrected chi connectivity index (χ2v) is 4.80. The lowest BCUT2D eigenvalue weighted by Crippen LogP contribution is -2.44. The fraction of sp³-hybridized carbons (Fsp3) is 0.400. The Kier molecular flexibility index (Phi) is 4.35. The third-order valence-corrected chi connectivity index (χ3v) is 3.75. The van der Waals surface area contributed by atoms with E-state index in [0.717, 1.165) is 24.2 Å². The number of aromatic nitrogens is 2. The third kappa shape index (κ3) is 2.85. The lowest BCUT2D eigenvalue weighted by molar-refractivity contribution is 0.152. The van der Waals surface area contributed by atoms with E-state index in [2.05, 4.69) is 10.4 Å². The van der Waals surface area contributed by atoms with E-state index in [1.165, 1.54) is 0 Å². The van der Waals surface area contributed by atoms with Crippen molar-refractivity contribution in [1.29, 1.82) is 0 Å². The zero-order valence-electron chi connectivity index (χ0n) is 11.5. The van der Waals surface area contributed by atoms with Gasteiger partial charge >= 0.3 is 0 Å². The summed E-state index contributed by atoms with van der Waals surface area (Å²) in [6.07, 6.45) is 2.59. The normalized spacial score (nSPS) is 14.3. The molecule has 1 aromatic heterocycles. The minimum absolute atomic E-state index is 0.0633. The molecule has 1 aromatic carbocycles. The highest BCUT2D eigenvalue weighted by Crippen LogP contribution is 2.25. The highest BCUT2D eigenvalue weighted by Gasteiger charge is 2.29. The summed E-state index contributed by atoms with van der Waals surface area (Å²) in [6, 6.07) is 12.1. The van der Waals surface area contributed by atoms with Crippen LogP contribution in [0.15, 0.2) is 42.6 Å². The summed E-state index contributed by atoms with van der Waals surface area (Å²) in [5.41, 5.74) is 1.82.